The maximum absolute atomic E-state index is 13.3. The second-order valence-electron chi connectivity index (χ2n) is 10.0. The topological polar surface area (TPSA) is 76.9 Å². The van der Waals surface area contributed by atoms with Crippen LogP contribution in [0.3, 0.4) is 0 Å². The molecule has 1 aromatic heterocycles. The number of ether oxygens (including phenoxy) is 2. The summed E-state index contributed by atoms with van der Waals surface area (Å²) in [4.78, 5) is 30.2. The molecule has 3 heterocycles. The van der Waals surface area contributed by atoms with Gasteiger partial charge in [0, 0.05) is 55.3 Å². The highest BCUT2D eigenvalue weighted by molar-refractivity contribution is 6.35. The van der Waals surface area contributed by atoms with Crippen molar-refractivity contribution in [2.24, 2.45) is 0 Å². The number of carbonyl (C=O) groups is 2. The fraction of sp³-hybridized carbons (Fsp3) is 0.577. The van der Waals surface area contributed by atoms with E-state index in [-0.39, 0.29) is 36.7 Å². The minimum Gasteiger partial charge on any atom is -0.489 e. The Balaban J connectivity index is 1.21. The van der Waals surface area contributed by atoms with Crippen molar-refractivity contribution in [1.29, 1.82) is 0 Å². The van der Waals surface area contributed by atoms with E-state index in [0.717, 1.165) is 43.4 Å². The summed E-state index contributed by atoms with van der Waals surface area (Å²) in [5.41, 5.74) is 2.53. The van der Waals surface area contributed by atoms with Crippen LogP contribution < -0.4 is 4.74 Å². The summed E-state index contributed by atoms with van der Waals surface area (Å²) in [6, 6.07) is 5.19. The Kier molecular flexibility index (Phi) is 7.47. The van der Waals surface area contributed by atoms with Crippen LogP contribution >= 0.6 is 23.2 Å². The summed E-state index contributed by atoms with van der Waals surface area (Å²) in [7, 11) is 0. The summed E-state index contributed by atoms with van der Waals surface area (Å²) >= 11 is 12.2. The number of amides is 2. The highest BCUT2D eigenvalue weighted by atomic mass is 35.5. The van der Waals surface area contributed by atoms with Crippen molar-refractivity contribution >= 4 is 35.0 Å². The first kappa shape index (κ1) is 25.4. The number of nitrogens with zero attached hydrogens (tertiary/aromatic N) is 4. The first-order chi connectivity index (χ1) is 17.3. The highest BCUT2D eigenvalue weighted by Crippen LogP contribution is 2.30. The Bertz CT molecular complexity index is 1140. The molecule has 0 spiro atoms. The normalized spacial score (nSPS) is 22.6. The second kappa shape index (κ2) is 10.6. The van der Waals surface area contributed by atoms with Crippen LogP contribution in [0, 0.1) is 0 Å². The molecule has 0 saturated carbocycles. The van der Waals surface area contributed by atoms with Gasteiger partial charge in [-0.05, 0) is 51.3 Å². The van der Waals surface area contributed by atoms with Gasteiger partial charge >= 0.3 is 0 Å². The molecule has 0 radical (unpaired) electrons. The molecule has 2 amide bonds. The molecule has 0 N–H and O–H groups in total. The zero-order chi connectivity index (χ0) is 25.4. The van der Waals surface area contributed by atoms with Crippen LogP contribution in [-0.2, 0) is 28.9 Å². The van der Waals surface area contributed by atoms with Crippen LogP contribution in [0.1, 0.15) is 54.9 Å². The predicted molar refractivity (Wildman–Crippen MR) is 137 cm³/mol. The fourth-order valence-corrected chi connectivity index (χ4v) is 5.96. The van der Waals surface area contributed by atoms with Crippen molar-refractivity contribution in [3.8, 4) is 5.75 Å². The van der Waals surface area contributed by atoms with E-state index in [1.807, 2.05) is 23.6 Å². The molecule has 2 atom stereocenters. The molecule has 3 aliphatic rings. The Morgan fingerprint density at radius 3 is 2.50 bits per heavy atom. The number of benzene rings is 1. The number of hydrogen-bond donors (Lipinski definition) is 0. The molecule has 2 aromatic rings. The average molecular weight is 535 g/mol. The molecule has 194 valence electrons. The summed E-state index contributed by atoms with van der Waals surface area (Å²) in [6.45, 7) is 6.44. The lowest BCUT2D eigenvalue weighted by atomic mass is 10.1. The summed E-state index contributed by atoms with van der Waals surface area (Å²) < 4.78 is 13.6. The summed E-state index contributed by atoms with van der Waals surface area (Å²) in [5, 5.41) is 5.72. The summed E-state index contributed by atoms with van der Waals surface area (Å²) in [5.74, 6) is 0.571. The van der Waals surface area contributed by atoms with Crippen molar-refractivity contribution in [3.63, 3.8) is 0 Å². The standard InChI is InChI=1S/C26H32Cl2N4O4/c1-16-13-31(14-17(2)35-16)26(34)25-20-4-3-5-22(20)32(29-25)15-24(33)30-10-8-19(9-11-30)36-23-7-6-18(27)12-21(23)28/h6-7,12,16-17,19H,3-5,8-11,13-15H2,1-2H3/t16-,17+. The number of carbonyl (C=O) groups excluding carboxylic acids is 2. The lowest BCUT2D eigenvalue weighted by Gasteiger charge is -2.35. The van der Waals surface area contributed by atoms with Gasteiger partial charge in [0.05, 0.1) is 17.2 Å². The van der Waals surface area contributed by atoms with Gasteiger partial charge in [0.15, 0.2) is 5.69 Å². The van der Waals surface area contributed by atoms with Crippen molar-refractivity contribution in [2.75, 3.05) is 26.2 Å². The third kappa shape index (κ3) is 5.36. The van der Waals surface area contributed by atoms with Crippen LogP contribution in [0.5, 0.6) is 5.75 Å². The van der Waals surface area contributed by atoms with E-state index >= 15 is 0 Å². The van der Waals surface area contributed by atoms with Crippen molar-refractivity contribution in [1.82, 2.24) is 19.6 Å². The van der Waals surface area contributed by atoms with E-state index in [0.29, 0.717) is 47.7 Å². The van der Waals surface area contributed by atoms with Gasteiger partial charge in [-0.15, -0.1) is 0 Å². The maximum atomic E-state index is 13.3. The average Bonchev–Trinajstić information content (AvgIpc) is 3.44. The predicted octanol–water partition coefficient (Wildman–Crippen LogP) is 4.00. The number of fused-ring (bicyclic) bond motifs is 1. The number of aromatic nitrogens is 2. The zero-order valence-electron chi connectivity index (χ0n) is 20.7. The van der Waals surface area contributed by atoms with Gasteiger partial charge in [-0.2, -0.15) is 5.10 Å². The van der Waals surface area contributed by atoms with Gasteiger partial charge in [-0.25, -0.2) is 0 Å². The Morgan fingerprint density at radius 1 is 1.08 bits per heavy atom. The third-order valence-corrected chi connectivity index (χ3v) is 7.71. The van der Waals surface area contributed by atoms with Gasteiger partial charge in [-0.3, -0.25) is 14.3 Å². The van der Waals surface area contributed by atoms with E-state index in [1.165, 1.54) is 0 Å². The smallest absolute Gasteiger partial charge is 0.274 e. The molecule has 2 fully saturated rings. The Hall–Kier alpha value is -2.29. The van der Waals surface area contributed by atoms with Crippen LogP contribution in [0.15, 0.2) is 18.2 Å². The van der Waals surface area contributed by atoms with Crippen LogP contribution in [0.2, 0.25) is 10.0 Å². The first-order valence-corrected chi connectivity index (χ1v) is 13.5. The van der Waals surface area contributed by atoms with Gasteiger partial charge in [0.2, 0.25) is 5.91 Å². The van der Waals surface area contributed by atoms with Gasteiger partial charge in [-0.1, -0.05) is 23.2 Å². The zero-order valence-corrected chi connectivity index (χ0v) is 22.2. The first-order valence-electron chi connectivity index (χ1n) is 12.7. The molecule has 0 bridgehead atoms. The minimum absolute atomic E-state index is 0.00274. The maximum Gasteiger partial charge on any atom is 0.274 e. The number of hydrogen-bond acceptors (Lipinski definition) is 5. The Morgan fingerprint density at radius 2 is 1.81 bits per heavy atom. The van der Waals surface area contributed by atoms with Crippen LogP contribution in [-0.4, -0.2) is 75.9 Å². The van der Waals surface area contributed by atoms with Gasteiger partial charge < -0.3 is 19.3 Å². The number of likely N-dealkylation sites (tertiary alicyclic amines) is 1. The number of rotatable bonds is 5. The molecule has 36 heavy (non-hydrogen) atoms. The Labute approximate surface area is 221 Å². The van der Waals surface area contributed by atoms with Gasteiger partial charge in [0.1, 0.15) is 18.4 Å². The van der Waals surface area contributed by atoms with Crippen LogP contribution in [0.4, 0.5) is 0 Å². The van der Waals surface area contributed by atoms with Crippen LogP contribution in [0.25, 0.3) is 0 Å². The van der Waals surface area contributed by atoms with E-state index < -0.39 is 0 Å². The monoisotopic (exact) mass is 534 g/mol. The molecule has 1 aromatic carbocycles. The van der Waals surface area contributed by atoms with E-state index in [1.54, 1.807) is 22.9 Å². The fourth-order valence-electron chi connectivity index (χ4n) is 5.51. The number of morpholine rings is 1. The second-order valence-corrected chi connectivity index (χ2v) is 10.9. The molecule has 1 aliphatic carbocycles. The van der Waals surface area contributed by atoms with Crippen molar-refractivity contribution < 1.29 is 19.1 Å². The quantitative estimate of drug-likeness (QED) is 0.579. The molecule has 5 rings (SSSR count). The molecular weight excluding hydrogens is 503 g/mol. The molecule has 0 unspecified atom stereocenters. The van der Waals surface area contributed by atoms with Crippen molar-refractivity contribution in [2.45, 2.75) is 70.8 Å². The molecular formula is C26H32Cl2N4O4. The van der Waals surface area contributed by atoms with E-state index in [4.69, 9.17) is 32.7 Å². The molecule has 2 saturated heterocycles. The SMILES string of the molecule is C[C@@H]1CN(C(=O)c2nn(CC(=O)N3CCC(Oc4ccc(Cl)cc4Cl)CC3)c3c2CCC3)C[C@H](C)O1. The lowest BCUT2D eigenvalue weighted by Crippen LogP contribution is -2.48. The number of piperidine rings is 1. The minimum atomic E-state index is -0.0554. The molecule has 10 heteroatoms. The third-order valence-electron chi connectivity index (χ3n) is 7.18. The largest absolute Gasteiger partial charge is 0.489 e. The van der Waals surface area contributed by atoms with E-state index in [9.17, 15) is 9.59 Å². The van der Waals surface area contributed by atoms with Crippen molar-refractivity contribution in [3.05, 3.63) is 45.2 Å². The number of halogens is 2. The van der Waals surface area contributed by atoms with E-state index in [2.05, 4.69) is 5.10 Å². The molecule has 2 aliphatic heterocycles. The lowest BCUT2D eigenvalue weighted by molar-refractivity contribution is -0.133. The van der Waals surface area contributed by atoms with Gasteiger partial charge in [0.25, 0.3) is 5.91 Å². The highest BCUT2D eigenvalue weighted by Gasteiger charge is 2.33. The summed E-state index contributed by atoms with van der Waals surface area (Å²) in [6.07, 6.45) is 4.08. The molecule has 8 nitrogen and oxygen atoms in total.